The van der Waals surface area contributed by atoms with Gasteiger partial charge >= 0.3 is 5.97 Å². The number of methoxy groups -OCH3 is 1. The van der Waals surface area contributed by atoms with Gasteiger partial charge < -0.3 is 20.1 Å². The smallest absolute Gasteiger partial charge is 0.316 e. The number of fused-ring (bicyclic) bond motifs is 3. The summed E-state index contributed by atoms with van der Waals surface area (Å²) in [6.45, 7) is 3.70. The van der Waals surface area contributed by atoms with Gasteiger partial charge in [-0.2, -0.15) is 0 Å². The first-order chi connectivity index (χ1) is 20.4. The standard InChI is InChI=1S/C33H42ClN3O5/c1-41-29-19-28(27(34)18-25(29)22-38)36-20-31(39)35-14-6-8-23-7-5-9-26(17-23)33(12-3-2-4-13-33)32(40)42-30-21-37-15-10-24(30)11-16-37/h5,7,9,17-19,22,24,30,36H,2-4,6,8,10-16,20-21H2,1H3,(H,35,39). The molecule has 1 amide bonds. The summed E-state index contributed by atoms with van der Waals surface area (Å²) in [7, 11) is 1.47. The lowest BCUT2D eigenvalue weighted by atomic mass is 9.69. The molecule has 1 aliphatic carbocycles. The third-order valence-electron chi connectivity index (χ3n) is 9.28. The summed E-state index contributed by atoms with van der Waals surface area (Å²) >= 11 is 6.24. The minimum absolute atomic E-state index is 0.0221. The predicted molar refractivity (Wildman–Crippen MR) is 163 cm³/mol. The fraction of sp³-hybridized carbons (Fsp3) is 0.545. The van der Waals surface area contributed by atoms with Crippen LogP contribution in [0, 0.1) is 5.92 Å². The van der Waals surface area contributed by atoms with Crippen molar-refractivity contribution in [3.63, 3.8) is 0 Å². The summed E-state index contributed by atoms with van der Waals surface area (Å²) in [4.78, 5) is 39.9. The zero-order valence-electron chi connectivity index (χ0n) is 24.5. The lowest BCUT2D eigenvalue weighted by Gasteiger charge is -2.45. The van der Waals surface area contributed by atoms with Gasteiger partial charge in [-0.25, -0.2) is 0 Å². The van der Waals surface area contributed by atoms with Crippen LogP contribution < -0.4 is 15.4 Å². The molecule has 0 radical (unpaired) electrons. The fourth-order valence-electron chi connectivity index (χ4n) is 6.82. The Morgan fingerprint density at radius 2 is 1.90 bits per heavy atom. The number of rotatable bonds is 12. The molecule has 9 heteroatoms. The fourth-order valence-corrected chi connectivity index (χ4v) is 7.06. The van der Waals surface area contributed by atoms with Gasteiger partial charge in [0.2, 0.25) is 5.91 Å². The van der Waals surface area contributed by atoms with Crippen LogP contribution in [0.5, 0.6) is 5.75 Å². The number of ether oxygens (including phenoxy) is 2. The van der Waals surface area contributed by atoms with E-state index >= 15 is 0 Å². The van der Waals surface area contributed by atoms with Crippen LogP contribution in [0.4, 0.5) is 5.69 Å². The summed E-state index contributed by atoms with van der Waals surface area (Å²) in [6.07, 6.45) is 9.45. The van der Waals surface area contributed by atoms with E-state index in [2.05, 4.69) is 39.8 Å². The van der Waals surface area contributed by atoms with Gasteiger partial charge in [0, 0.05) is 19.2 Å². The van der Waals surface area contributed by atoms with E-state index < -0.39 is 5.41 Å². The van der Waals surface area contributed by atoms with Gasteiger partial charge in [0.15, 0.2) is 6.29 Å². The van der Waals surface area contributed by atoms with Crippen molar-refractivity contribution in [1.82, 2.24) is 10.2 Å². The zero-order valence-corrected chi connectivity index (χ0v) is 25.2. The Bertz CT molecular complexity index is 1270. The first kappa shape index (κ1) is 30.4. The molecule has 1 atom stereocenters. The Balaban J connectivity index is 1.14. The number of hydrogen-bond acceptors (Lipinski definition) is 7. The predicted octanol–water partition coefficient (Wildman–Crippen LogP) is 5.16. The van der Waals surface area contributed by atoms with Gasteiger partial charge in [0.05, 0.1) is 35.3 Å². The highest BCUT2D eigenvalue weighted by Crippen LogP contribution is 2.42. The molecule has 2 aromatic rings. The number of nitrogens with one attached hydrogen (secondary N) is 2. The summed E-state index contributed by atoms with van der Waals surface area (Å²) < 4.78 is 11.5. The molecule has 1 saturated carbocycles. The zero-order chi connectivity index (χ0) is 29.5. The van der Waals surface area contributed by atoms with Gasteiger partial charge in [-0.1, -0.05) is 55.1 Å². The number of benzene rings is 2. The number of carbonyl (C=O) groups is 3. The normalized spacial score (nSPS) is 22.7. The van der Waals surface area contributed by atoms with Crippen LogP contribution in [0.3, 0.4) is 0 Å². The average Bonchev–Trinajstić information content (AvgIpc) is 3.03. The SMILES string of the molecule is COc1cc(NCC(=O)NCCCc2cccc(C3(C(=O)OC4CN5CCC4CC5)CCCCC3)c2)c(Cl)cc1C=O. The molecule has 42 heavy (non-hydrogen) atoms. The topological polar surface area (TPSA) is 97.0 Å². The maximum absolute atomic E-state index is 13.8. The van der Waals surface area contributed by atoms with E-state index in [4.69, 9.17) is 21.1 Å². The van der Waals surface area contributed by atoms with Crippen LogP contribution in [0.2, 0.25) is 5.02 Å². The third kappa shape index (κ3) is 6.92. The molecule has 3 aliphatic heterocycles. The lowest BCUT2D eigenvalue weighted by molar-refractivity contribution is -0.167. The largest absolute Gasteiger partial charge is 0.496 e. The Labute approximate surface area is 253 Å². The molecule has 4 aliphatic rings. The summed E-state index contributed by atoms with van der Waals surface area (Å²) in [5.74, 6) is 0.701. The highest BCUT2D eigenvalue weighted by Gasteiger charge is 2.45. The lowest BCUT2D eigenvalue weighted by Crippen LogP contribution is -2.53. The highest BCUT2D eigenvalue weighted by atomic mass is 35.5. The Kier molecular flexibility index (Phi) is 10.1. The van der Waals surface area contributed by atoms with Crippen LogP contribution in [-0.2, 0) is 26.2 Å². The van der Waals surface area contributed by atoms with E-state index in [9.17, 15) is 14.4 Å². The number of amides is 1. The molecule has 3 saturated heterocycles. The van der Waals surface area contributed by atoms with Gasteiger partial charge in [-0.15, -0.1) is 0 Å². The van der Waals surface area contributed by atoms with E-state index in [1.807, 2.05) is 0 Å². The van der Waals surface area contributed by atoms with Crippen molar-refractivity contribution in [3.05, 3.63) is 58.1 Å². The highest BCUT2D eigenvalue weighted by molar-refractivity contribution is 6.33. The minimum Gasteiger partial charge on any atom is -0.496 e. The first-order valence-corrected chi connectivity index (χ1v) is 15.7. The Hall–Kier alpha value is -3.10. The second-order valence-electron chi connectivity index (χ2n) is 11.9. The van der Waals surface area contributed by atoms with Crippen LogP contribution in [0.1, 0.15) is 72.9 Å². The quantitative estimate of drug-likeness (QED) is 0.199. The number of anilines is 1. The number of nitrogens with zero attached hydrogens (tertiary/aromatic N) is 1. The molecule has 4 fully saturated rings. The molecule has 0 aromatic heterocycles. The Morgan fingerprint density at radius 1 is 1.12 bits per heavy atom. The Morgan fingerprint density at radius 3 is 2.60 bits per heavy atom. The molecular formula is C33H42ClN3O5. The van der Waals surface area contributed by atoms with Crippen molar-refractivity contribution in [1.29, 1.82) is 0 Å². The van der Waals surface area contributed by atoms with Crippen LogP contribution in [0.25, 0.3) is 0 Å². The third-order valence-corrected chi connectivity index (χ3v) is 9.59. The second-order valence-corrected chi connectivity index (χ2v) is 12.3. The summed E-state index contributed by atoms with van der Waals surface area (Å²) in [5.41, 5.74) is 2.55. The van der Waals surface area contributed by atoms with E-state index in [0.717, 1.165) is 88.5 Å². The van der Waals surface area contributed by atoms with Crippen molar-refractivity contribution in [2.75, 3.05) is 45.2 Å². The van der Waals surface area contributed by atoms with Crippen LogP contribution in [-0.4, -0.2) is 69.0 Å². The molecule has 2 N–H and O–H groups in total. The number of hydrogen-bond donors (Lipinski definition) is 2. The average molecular weight is 596 g/mol. The number of halogens is 1. The molecule has 2 bridgehead atoms. The molecule has 1 unspecified atom stereocenters. The molecule has 6 rings (SSSR count). The molecule has 8 nitrogen and oxygen atoms in total. The number of piperidine rings is 3. The van der Waals surface area contributed by atoms with Crippen LogP contribution in [0.15, 0.2) is 36.4 Å². The molecule has 226 valence electrons. The van der Waals surface area contributed by atoms with E-state index in [-0.39, 0.29) is 24.5 Å². The maximum Gasteiger partial charge on any atom is 0.316 e. The number of aryl methyl sites for hydroxylation is 1. The van der Waals surface area contributed by atoms with Gasteiger partial charge in [-0.05, 0) is 74.7 Å². The maximum atomic E-state index is 13.8. The minimum atomic E-state index is -0.561. The van der Waals surface area contributed by atoms with Gasteiger partial charge in [-0.3, -0.25) is 19.3 Å². The van der Waals surface area contributed by atoms with Gasteiger partial charge in [0.1, 0.15) is 11.9 Å². The molecule has 0 spiro atoms. The van der Waals surface area contributed by atoms with Crippen molar-refractivity contribution < 1.29 is 23.9 Å². The monoisotopic (exact) mass is 595 g/mol. The van der Waals surface area contributed by atoms with E-state index in [1.54, 1.807) is 6.07 Å². The van der Waals surface area contributed by atoms with Crippen molar-refractivity contribution >= 4 is 35.5 Å². The molecular weight excluding hydrogens is 554 g/mol. The summed E-state index contributed by atoms with van der Waals surface area (Å²) in [6, 6.07) is 11.6. The number of esters is 1. The van der Waals surface area contributed by atoms with Crippen molar-refractivity contribution in [2.45, 2.75) is 69.3 Å². The van der Waals surface area contributed by atoms with E-state index in [0.29, 0.717) is 40.8 Å². The van der Waals surface area contributed by atoms with E-state index in [1.165, 1.54) is 13.2 Å². The van der Waals surface area contributed by atoms with Crippen molar-refractivity contribution in [3.8, 4) is 5.75 Å². The van der Waals surface area contributed by atoms with Gasteiger partial charge in [0.25, 0.3) is 0 Å². The first-order valence-electron chi connectivity index (χ1n) is 15.3. The molecule has 2 aromatic carbocycles. The number of carbonyl (C=O) groups excluding carboxylic acids is 3. The molecule has 3 heterocycles. The number of aldehydes is 1. The summed E-state index contributed by atoms with van der Waals surface area (Å²) in [5, 5.41) is 6.30. The van der Waals surface area contributed by atoms with Crippen molar-refractivity contribution in [2.24, 2.45) is 5.92 Å². The second kappa shape index (κ2) is 13.9. The van der Waals surface area contributed by atoms with Crippen LogP contribution >= 0.6 is 11.6 Å².